The number of esters is 1. The average molecular weight is 517 g/mol. The van der Waals surface area contributed by atoms with Crippen molar-refractivity contribution in [2.24, 2.45) is 5.92 Å². The maximum Gasteiger partial charge on any atom is 0.341 e. The first-order valence-corrected chi connectivity index (χ1v) is 13.3. The number of carbonyl (C=O) groups is 1. The molecule has 1 atom stereocenters. The van der Waals surface area contributed by atoms with Crippen molar-refractivity contribution in [1.29, 1.82) is 0 Å². The van der Waals surface area contributed by atoms with Gasteiger partial charge in [0, 0.05) is 5.56 Å². The fourth-order valence-corrected chi connectivity index (χ4v) is 6.01. The van der Waals surface area contributed by atoms with E-state index in [2.05, 4.69) is 6.08 Å². The first-order chi connectivity index (χ1) is 17.9. The molecule has 0 radical (unpaired) electrons. The predicted molar refractivity (Wildman–Crippen MR) is 131 cm³/mol. The summed E-state index contributed by atoms with van der Waals surface area (Å²) in [5.41, 5.74) is 0.472. The summed E-state index contributed by atoms with van der Waals surface area (Å²) in [7, 11) is 0. The molecule has 1 unspecified atom stereocenters. The van der Waals surface area contributed by atoms with E-state index in [0.29, 0.717) is 49.3 Å². The normalized spacial score (nSPS) is 27.9. The molecule has 2 saturated carbocycles. The lowest BCUT2D eigenvalue weighted by atomic mass is 9.78. The number of benzene rings is 2. The third-order valence-corrected chi connectivity index (χ3v) is 8.22. The van der Waals surface area contributed by atoms with Crippen LogP contribution < -0.4 is 0 Å². The quantitative estimate of drug-likeness (QED) is 0.169. The van der Waals surface area contributed by atoms with E-state index in [1.165, 1.54) is 12.1 Å². The van der Waals surface area contributed by atoms with Gasteiger partial charge in [-0.15, -0.1) is 0 Å². The molecule has 5 rings (SSSR count). The van der Waals surface area contributed by atoms with Gasteiger partial charge in [0.2, 0.25) is 0 Å². The topological polar surface area (TPSA) is 38.8 Å². The second kappa shape index (κ2) is 11.0. The molecule has 0 spiro atoms. The third-order valence-electron chi connectivity index (χ3n) is 8.22. The highest BCUT2D eigenvalue weighted by Gasteiger charge is 2.33. The van der Waals surface area contributed by atoms with Crippen LogP contribution in [0.3, 0.4) is 0 Å². The van der Waals surface area contributed by atoms with Gasteiger partial charge in [-0.25, -0.2) is 22.4 Å². The summed E-state index contributed by atoms with van der Waals surface area (Å²) >= 11 is 0. The Bertz CT molecular complexity index is 1170. The number of hydrogen-bond acceptors (Lipinski definition) is 3. The Morgan fingerprint density at radius 2 is 1.30 bits per heavy atom. The summed E-state index contributed by atoms with van der Waals surface area (Å²) in [5.74, 6) is -4.52. The van der Waals surface area contributed by atoms with Crippen molar-refractivity contribution in [1.82, 2.24) is 0 Å². The van der Waals surface area contributed by atoms with Gasteiger partial charge in [0.05, 0.1) is 12.2 Å². The van der Waals surface area contributed by atoms with E-state index in [1.807, 2.05) is 13.0 Å². The van der Waals surface area contributed by atoms with Crippen molar-refractivity contribution >= 4 is 5.97 Å². The van der Waals surface area contributed by atoms with Crippen molar-refractivity contribution < 1.29 is 31.8 Å². The van der Waals surface area contributed by atoms with Gasteiger partial charge in [0.1, 0.15) is 12.2 Å². The average Bonchev–Trinajstić information content (AvgIpc) is 3.74. The van der Waals surface area contributed by atoms with E-state index < -0.39 is 40.9 Å². The van der Waals surface area contributed by atoms with Crippen molar-refractivity contribution in [2.75, 3.05) is 6.61 Å². The van der Waals surface area contributed by atoms with E-state index in [-0.39, 0.29) is 23.5 Å². The number of rotatable bonds is 6. The summed E-state index contributed by atoms with van der Waals surface area (Å²) in [6.07, 6.45) is 8.61. The molecular formula is C30H32F4O3. The number of carbonyl (C=O) groups excluding carboxylic acids is 1. The molecule has 3 nitrogen and oxygen atoms in total. The molecule has 2 aromatic rings. The molecule has 2 aromatic carbocycles. The first kappa shape index (κ1) is 26.0. The molecule has 0 N–H and O–H groups in total. The monoisotopic (exact) mass is 516 g/mol. The fraction of sp³-hybridized carbons (Fsp3) is 0.500. The largest absolute Gasteiger partial charge is 0.459 e. The van der Waals surface area contributed by atoms with Crippen LogP contribution in [0, 0.1) is 29.2 Å². The Morgan fingerprint density at radius 1 is 0.784 bits per heavy atom. The lowest BCUT2D eigenvalue weighted by Crippen LogP contribution is -2.25. The SMILES string of the molecule is C/C=C/C1CCC(c2ccc(C(=O)OC3CCC(c4ccc(C5CO5)c(F)c4F)CC3)c(F)c2F)CC1. The maximum absolute atomic E-state index is 15.0. The number of ether oxygens (including phenoxy) is 2. The molecule has 0 amide bonds. The molecular weight excluding hydrogens is 484 g/mol. The molecule has 0 aromatic heterocycles. The Labute approximate surface area is 214 Å². The molecule has 1 saturated heterocycles. The fourth-order valence-electron chi connectivity index (χ4n) is 6.01. The number of halogens is 4. The zero-order valence-corrected chi connectivity index (χ0v) is 21.0. The van der Waals surface area contributed by atoms with Crippen LogP contribution in [0.2, 0.25) is 0 Å². The molecule has 3 fully saturated rings. The summed E-state index contributed by atoms with van der Waals surface area (Å²) in [4.78, 5) is 12.7. The molecule has 37 heavy (non-hydrogen) atoms. The predicted octanol–water partition coefficient (Wildman–Crippen LogP) is 8.05. The van der Waals surface area contributed by atoms with Crippen molar-refractivity contribution in [3.05, 3.63) is 81.9 Å². The standard InChI is InChI=1S/C30H32F4O3/c1-2-3-17-4-6-18(7-5-17)22-13-15-24(29(34)27(22)32)30(35)37-20-10-8-19(9-11-20)21-12-14-23(25-16-36-25)28(33)26(21)31/h2-3,12-15,17-20,25H,4-11,16H2,1H3/b3-2+. The van der Waals surface area contributed by atoms with Crippen LogP contribution in [0.5, 0.6) is 0 Å². The Balaban J connectivity index is 1.18. The lowest BCUT2D eigenvalue weighted by Gasteiger charge is -2.29. The Morgan fingerprint density at radius 3 is 1.89 bits per heavy atom. The van der Waals surface area contributed by atoms with E-state index in [9.17, 15) is 22.4 Å². The molecule has 7 heteroatoms. The van der Waals surface area contributed by atoms with E-state index in [4.69, 9.17) is 9.47 Å². The van der Waals surface area contributed by atoms with Crippen molar-refractivity contribution in [3.8, 4) is 0 Å². The van der Waals surface area contributed by atoms with Crippen LogP contribution in [0.15, 0.2) is 36.4 Å². The van der Waals surface area contributed by atoms with Gasteiger partial charge in [-0.3, -0.25) is 0 Å². The summed E-state index contributed by atoms with van der Waals surface area (Å²) in [6, 6.07) is 6.02. The van der Waals surface area contributed by atoms with Crippen molar-refractivity contribution in [2.45, 2.75) is 82.3 Å². The number of allylic oxidation sites excluding steroid dienone is 2. The summed E-state index contributed by atoms with van der Waals surface area (Å²) in [5, 5.41) is 0. The van der Waals surface area contributed by atoms with E-state index in [0.717, 1.165) is 25.7 Å². The summed E-state index contributed by atoms with van der Waals surface area (Å²) in [6.45, 7) is 2.38. The van der Waals surface area contributed by atoms with Gasteiger partial charge in [-0.05, 0) is 93.2 Å². The highest BCUT2D eigenvalue weighted by molar-refractivity contribution is 5.90. The second-order valence-electron chi connectivity index (χ2n) is 10.5. The molecule has 1 heterocycles. The van der Waals surface area contributed by atoms with Crippen molar-refractivity contribution in [3.63, 3.8) is 0 Å². The molecule has 3 aliphatic rings. The number of hydrogen-bond donors (Lipinski definition) is 0. The number of epoxide rings is 1. The molecule has 2 aliphatic carbocycles. The van der Waals surface area contributed by atoms with Crippen LogP contribution in [0.1, 0.15) is 103 Å². The highest BCUT2D eigenvalue weighted by Crippen LogP contribution is 2.40. The van der Waals surface area contributed by atoms with Crippen LogP contribution in [-0.4, -0.2) is 18.7 Å². The van der Waals surface area contributed by atoms with Crippen LogP contribution >= 0.6 is 0 Å². The van der Waals surface area contributed by atoms with Gasteiger partial charge in [0.15, 0.2) is 23.3 Å². The second-order valence-corrected chi connectivity index (χ2v) is 10.5. The first-order valence-electron chi connectivity index (χ1n) is 13.3. The zero-order chi connectivity index (χ0) is 26.1. The highest BCUT2D eigenvalue weighted by atomic mass is 19.2. The lowest BCUT2D eigenvalue weighted by molar-refractivity contribution is 0.0188. The molecule has 1 aliphatic heterocycles. The van der Waals surface area contributed by atoms with Gasteiger partial charge < -0.3 is 9.47 Å². The maximum atomic E-state index is 15.0. The van der Waals surface area contributed by atoms with Gasteiger partial charge in [-0.2, -0.15) is 0 Å². The molecule has 0 bridgehead atoms. The zero-order valence-electron chi connectivity index (χ0n) is 21.0. The smallest absolute Gasteiger partial charge is 0.341 e. The minimum atomic E-state index is -1.16. The van der Waals surface area contributed by atoms with Gasteiger partial charge in [0.25, 0.3) is 0 Å². The minimum Gasteiger partial charge on any atom is -0.459 e. The molecule has 198 valence electrons. The Kier molecular flexibility index (Phi) is 7.70. The van der Waals surface area contributed by atoms with Crippen LogP contribution in [-0.2, 0) is 9.47 Å². The van der Waals surface area contributed by atoms with Crippen LogP contribution in [0.25, 0.3) is 0 Å². The minimum absolute atomic E-state index is 0.0625. The third kappa shape index (κ3) is 5.47. The van der Waals surface area contributed by atoms with Gasteiger partial charge in [-0.1, -0.05) is 30.4 Å². The van der Waals surface area contributed by atoms with E-state index >= 15 is 0 Å². The summed E-state index contributed by atoms with van der Waals surface area (Å²) < 4.78 is 69.5. The van der Waals surface area contributed by atoms with Gasteiger partial charge >= 0.3 is 5.97 Å². The van der Waals surface area contributed by atoms with Crippen LogP contribution in [0.4, 0.5) is 17.6 Å². The Hall–Kier alpha value is -2.67. The van der Waals surface area contributed by atoms with E-state index in [1.54, 1.807) is 12.1 Å².